The fourth-order valence-electron chi connectivity index (χ4n) is 3.46. The molecule has 1 heterocycles. The Morgan fingerprint density at radius 1 is 0.806 bits per heavy atom. The van der Waals surface area contributed by atoms with Gasteiger partial charge in [-0.05, 0) is 36.4 Å². The fraction of sp³-hybridized carbons (Fsp3) is 0.391. The lowest BCUT2D eigenvalue weighted by molar-refractivity contribution is 0.0637. The molecule has 31 heavy (non-hydrogen) atoms. The Hall–Kier alpha value is -3.26. The fourth-order valence-corrected chi connectivity index (χ4v) is 3.46. The molecular weight excluding hydrogens is 398 g/mol. The van der Waals surface area contributed by atoms with Gasteiger partial charge in [-0.1, -0.05) is 0 Å². The van der Waals surface area contributed by atoms with Gasteiger partial charge in [-0.3, -0.25) is 14.5 Å². The molecule has 0 saturated carbocycles. The van der Waals surface area contributed by atoms with E-state index in [-0.39, 0.29) is 11.8 Å². The minimum atomic E-state index is -0.108. The predicted molar refractivity (Wildman–Crippen MR) is 117 cm³/mol. The Kier molecular flexibility index (Phi) is 7.72. The van der Waals surface area contributed by atoms with E-state index in [9.17, 15) is 9.59 Å². The van der Waals surface area contributed by atoms with Gasteiger partial charge in [0.15, 0.2) is 0 Å². The highest BCUT2D eigenvalue weighted by Gasteiger charge is 2.23. The summed E-state index contributed by atoms with van der Waals surface area (Å²) in [7, 11) is 4.72. The minimum Gasteiger partial charge on any atom is -0.497 e. The molecule has 0 spiro atoms. The Bertz CT molecular complexity index is 870. The lowest BCUT2D eigenvalue weighted by Crippen LogP contribution is -2.50. The van der Waals surface area contributed by atoms with Crippen LogP contribution in [0.1, 0.15) is 20.7 Å². The molecule has 3 rings (SSSR count). The van der Waals surface area contributed by atoms with Crippen molar-refractivity contribution >= 4 is 11.8 Å². The number of rotatable bonds is 8. The molecular formula is C23H29N3O5. The number of ether oxygens (including phenoxy) is 3. The Morgan fingerprint density at radius 3 is 1.94 bits per heavy atom. The summed E-state index contributed by atoms with van der Waals surface area (Å²) < 4.78 is 15.6. The monoisotopic (exact) mass is 427 g/mol. The van der Waals surface area contributed by atoms with Crippen LogP contribution in [-0.4, -0.2) is 82.2 Å². The molecule has 2 aromatic carbocycles. The summed E-state index contributed by atoms with van der Waals surface area (Å²) in [5, 5.41) is 2.94. The first kappa shape index (κ1) is 22.4. The molecule has 0 bridgehead atoms. The highest BCUT2D eigenvalue weighted by Crippen LogP contribution is 2.23. The second-order valence-corrected chi connectivity index (χ2v) is 7.22. The third-order valence-corrected chi connectivity index (χ3v) is 5.32. The first-order valence-electron chi connectivity index (χ1n) is 10.2. The maximum Gasteiger partial charge on any atom is 0.254 e. The molecule has 2 amide bonds. The SMILES string of the molecule is COc1ccc(C(=O)NCCN2CCN(C(=O)c3cc(OC)cc(OC)c3)CC2)cc1. The second-order valence-electron chi connectivity index (χ2n) is 7.22. The predicted octanol–water partition coefficient (Wildman–Crippen LogP) is 1.90. The van der Waals surface area contributed by atoms with Gasteiger partial charge >= 0.3 is 0 Å². The van der Waals surface area contributed by atoms with Crippen molar-refractivity contribution in [3.63, 3.8) is 0 Å². The molecule has 1 fully saturated rings. The minimum absolute atomic E-state index is 0.0374. The number of piperazine rings is 1. The number of benzene rings is 2. The van der Waals surface area contributed by atoms with E-state index in [1.807, 2.05) is 4.90 Å². The third kappa shape index (κ3) is 5.88. The van der Waals surface area contributed by atoms with Crippen LogP contribution in [-0.2, 0) is 0 Å². The van der Waals surface area contributed by atoms with Crippen LogP contribution in [0.4, 0.5) is 0 Å². The average molecular weight is 428 g/mol. The van der Waals surface area contributed by atoms with Crippen LogP contribution in [0.2, 0.25) is 0 Å². The van der Waals surface area contributed by atoms with E-state index in [0.29, 0.717) is 42.3 Å². The molecule has 0 aromatic heterocycles. The standard InChI is InChI=1S/C23H29N3O5/c1-29-19-6-4-17(5-7-19)22(27)24-8-9-25-10-12-26(13-11-25)23(28)18-14-20(30-2)16-21(15-18)31-3/h4-7,14-16H,8-13H2,1-3H3,(H,24,27). The zero-order valence-corrected chi connectivity index (χ0v) is 18.2. The Morgan fingerprint density at radius 2 is 1.39 bits per heavy atom. The van der Waals surface area contributed by atoms with E-state index >= 15 is 0 Å². The van der Waals surface area contributed by atoms with E-state index in [1.165, 1.54) is 0 Å². The number of nitrogens with one attached hydrogen (secondary N) is 1. The van der Waals surface area contributed by atoms with Gasteiger partial charge in [-0.2, -0.15) is 0 Å². The van der Waals surface area contributed by atoms with Gasteiger partial charge in [0.2, 0.25) is 0 Å². The quantitative estimate of drug-likeness (QED) is 0.693. The molecule has 1 N–H and O–H groups in total. The highest BCUT2D eigenvalue weighted by atomic mass is 16.5. The van der Waals surface area contributed by atoms with Crippen LogP contribution in [0.15, 0.2) is 42.5 Å². The molecule has 8 heteroatoms. The van der Waals surface area contributed by atoms with Crippen LogP contribution in [0.5, 0.6) is 17.2 Å². The second kappa shape index (κ2) is 10.7. The zero-order valence-electron chi connectivity index (χ0n) is 18.2. The number of carbonyl (C=O) groups is 2. The molecule has 0 unspecified atom stereocenters. The van der Waals surface area contributed by atoms with Gasteiger partial charge in [0.05, 0.1) is 21.3 Å². The van der Waals surface area contributed by atoms with Gasteiger partial charge in [0, 0.05) is 56.5 Å². The number of carbonyl (C=O) groups excluding carboxylic acids is 2. The zero-order chi connectivity index (χ0) is 22.2. The van der Waals surface area contributed by atoms with Crippen LogP contribution in [0.25, 0.3) is 0 Å². The van der Waals surface area contributed by atoms with Crippen LogP contribution < -0.4 is 19.5 Å². The highest BCUT2D eigenvalue weighted by molar-refractivity contribution is 5.95. The third-order valence-electron chi connectivity index (χ3n) is 5.32. The first-order chi connectivity index (χ1) is 15.0. The molecule has 8 nitrogen and oxygen atoms in total. The molecule has 0 atom stereocenters. The lowest BCUT2D eigenvalue weighted by atomic mass is 10.1. The van der Waals surface area contributed by atoms with Crippen LogP contribution >= 0.6 is 0 Å². The summed E-state index contributed by atoms with van der Waals surface area (Å²) in [6.07, 6.45) is 0. The average Bonchev–Trinajstić information content (AvgIpc) is 2.83. The summed E-state index contributed by atoms with van der Waals surface area (Å²) in [4.78, 5) is 29.2. The lowest BCUT2D eigenvalue weighted by Gasteiger charge is -2.34. The van der Waals surface area contributed by atoms with Crippen molar-refractivity contribution in [2.24, 2.45) is 0 Å². The van der Waals surface area contributed by atoms with Gasteiger partial charge in [-0.25, -0.2) is 0 Å². The van der Waals surface area contributed by atoms with Crippen molar-refractivity contribution in [1.82, 2.24) is 15.1 Å². The number of hydrogen-bond donors (Lipinski definition) is 1. The normalized spacial score (nSPS) is 14.1. The van der Waals surface area contributed by atoms with Crippen molar-refractivity contribution in [1.29, 1.82) is 0 Å². The van der Waals surface area contributed by atoms with Gasteiger partial charge in [-0.15, -0.1) is 0 Å². The number of nitrogens with zero attached hydrogens (tertiary/aromatic N) is 2. The summed E-state index contributed by atoms with van der Waals surface area (Å²) in [6, 6.07) is 12.2. The Labute approximate surface area is 182 Å². The Balaban J connectivity index is 1.45. The summed E-state index contributed by atoms with van der Waals surface area (Å²) >= 11 is 0. The molecule has 1 aliphatic rings. The van der Waals surface area contributed by atoms with Gasteiger partial charge < -0.3 is 24.4 Å². The maximum atomic E-state index is 12.9. The largest absolute Gasteiger partial charge is 0.497 e. The van der Waals surface area contributed by atoms with Crippen molar-refractivity contribution < 1.29 is 23.8 Å². The van der Waals surface area contributed by atoms with E-state index in [1.54, 1.807) is 63.8 Å². The number of amides is 2. The molecule has 2 aromatic rings. The molecule has 166 valence electrons. The van der Waals surface area contributed by atoms with E-state index in [0.717, 1.165) is 25.4 Å². The molecule has 0 radical (unpaired) electrons. The maximum absolute atomic E-state index is 12.9. The van der Waals surface area contributed by atoms with E-state index in [4.69, 9.17) is 14.2 Å². The van der Waals surface area contributed by atoms with Gasteiger partial charge in [0.1, 0.15) is 17.2 Å². The van der Waals surface area contributed by atoms with E-state index < -0.39 is 0 Å². The summed E-state index contributed by atoms with van der Waals surface area (Å²) in [5.74, 6) is 1.76. The molecule has 1 aliphatic heterocycles. The molecule has 0 aliphatic carbocycles. The van der Waals surface area contributed by atoms with Crippen LogP contribution in [0.3, 0.4) is 0 Å². The van der Waals surface area contributed by atoms with E-state index in [2.05, 4.69) is 10.2 Å². The smallest absolute Gasteiger partial charge is 0.254 e. The molecule has 1 saturated heterocycles. The van der Waals surface area contributed by atoms with Gasteiger partial charge in [0.25, 0.3) is 11.8 Å². The topological polar surface area (TPSA) is 80.3 Å². The number of hydrogen-bond acceptors (Lipinski definition) is 6. The van der Waals surface area contributed by atoms with Crippen molar-refractivity contribution in [3.05, 3.63) is 53.6 Å². The van der Waals surface area contributed by atoms with Crippen molar-refractivity contribution in [2.45, 2.75) is 0 Å². The first-order valence-corrected chi connectivity index (χ1v) is 10.2. The summed E-state index contributed by atoms with van der Waals surface area (Å²) in [5.41, 5.74) is 1.15. The summed E-state index contributed by atoms with van der Waals surface area (Å²) in [6.45, 7) is 4.05. The van der Waals surface area contributed by atoms with Crippen molar-refractivity contribution in [3.8, 4) is 17.2 Å². The number of methoxy groups -OCH3 is 3. The van der Waals surface area contributed by atoms with Crippen molar-refractivity contribution in [2.75, 3.05) is 60.6 Å². The van der Waals surface area contributed by atoms with Crippen LogP contribution in [0, 0.1) is 0 Å².